The van der Waals surface area contributed by atoms with E-state index in [1.165, 1.54) is 22.9 Å². The van der Waals surface area contributed by atoms with Crippen molar-refractivity contribution in [3.63, 3.8) is 0 Å². The van der Waals surface area contributed by atoms with Crippen molar-refractivity contribution in [1.29, 1.82) is 5.26 Å². The Morgan fingerprint density at radius 1 is 0.782 bits per heavy atom. The van der Waals surface area contributed by atoms with Crippen LogP contribution in [-0.2, 0) is 40.4 Å². The first-order chi connectivity index (χ1) is 25.6. The summed E-state index contributed by atoms with van der Waals surface area (Å²) in [4.78, 5) is 25.7. The number of hydrogen-bond donors (Lipinski definition) is 2. The van der Waals surface area contributed by atoms with Crippen molar-refractivity contribution in [2.24, 2.45) is 0 Å². The van der Waals surface area contributed by atoms with E-state index in [0.29, 0.717) is 25.1 Å². The second-order valence-corrected chi connectivity index (χ2v) is 17.9. The highest BCUT2D eigenvalue weighted by atomic mass is 32.2. The van der Waals surface area contributed by atoms with Crippen LogP contribution >= 0.6 is 0 Å². The Labute approximate surface area is 324 Å². The van der Waals surface area contributed by atoms with Gasteiger partial charge in [-0.15, -0.1) is 0 Å². The lowest BCUT2D eigenvalue weighted by Crippen LogP contribution is -2.33. The molecule has 288 valence electrons. The van der Waals surface area contributed by atoms with Crippen LogP contribution < -0.4 is 4.72 Å². The molecule has 0 aliphatic carbocycles. The first kappa shape index (κ1) is 40.6. The molecular weight excluding hydrogens is 713 g/mol. The van der Waals surface area contributed by atoms with E-state index in [9.17, 15) is 28.4 Å². The number of carbonyl (C=O) groups excluding carboxylic acids is 1. The lowest BCUT2D eigenvalue weighted by atomic mass is 9.82. The predicted octanol–water partition coefficient (Wildman–Crippen LogP) is 7.61. The Bertz CT molecular complexity index is 2410. The van der Waals surface area contributed by atoms with E-state index < -0.39 is 32.7 Å². The van der Waals surface area contributed by atoms with Crippen LogP contribution in [0.3, 0.4) is 0 Å². The van der Waals surface area contributed by atoms with Gasteiger partial charge in [0.25, 0.3) is 15.9 Å². The number of nitrogens with one attached hydrogen (secondary N) is 1. The molecule has 0 unspecified atom stereocenters. The molecule has 5 aromatic rings. The van der Waals surface area contributed by atoms with Crippen molar-refractivity contribution in [3.05, 3.63) is 134 Å². The summed E-state index contributed by atoms with van der Waals surface area (Å²) in [5.41, 5.74) is 9.13. The largest absolute Gasteiger partial charge is 0.477 e. The van der Waals surface area contributed by atoms with Gasteiger partial charge in [0.1, 0.15) is 22.4 Å². The van der Waals surface area contributed by atoms with Crippen LogP contribution in [0.1, 0.15) is 123 Å². The van der Waals surface area contributed by atoms with Crippen molar-refractivity contribution in [1.82, 2.24) is 24.3 Å². The molecule has 2 heterocycles. The van der Waals surface area contributed by atoms with Crippen LogP contribution in [-0.4, -0.2) is 45.0 Å². The summed E-state index contributed by atoms with van der Waals surface area (Å²) in [5.74, 6) is -1.86. The number of carbonyl (C=O) groups is 2. The van der Waals surface area contributed by atoms with Crippen molar-refractivity contribution in [2.45, 2.75) is 111 Å². The molecule has 0 spiro atoms. The van der Waals surface area contributed by atoms with Gasteiger partial charge in [0.2, 0.25) is 0 Å². The molecule has 0 fully saturated rings. The summed E-state index contributed by atoms with van der Waals surface area (Å²) in [6.07, 6.45) is 1.43. The van der Waals surface area contributed by atoms with E-state index in [1.807, 2.05) is 61.5 Å². The van der Waals surface area contributed by atoms with Crippen LogP contribution in [0, 0.1) is 45.9 Å². The minimum atomic E-state index is -4.35. The summed E-state index contributed by atoms with van der Waals surface area (Å²) < 4.78 is 31.8. The summed E-state index contributed by atoms with van der Waals surface area (Å²) in [6, 6.07) is 19.3. The molecule has 1 amide bonds. The smallest absolute Gasteiger partial charge is 0.354 e. The first-order valence-corrected chi connectivity index (χ1v) is 19.7. The van der Waals surface area contributed by atoms with E-state index in [0.717, 1.165) is 50.2 Å². The van der Waals surface area contributed by atoms with E-state index in [-0.39, 0.29) is 28.4 Å². The summed E-state index contributed by atoms with van der Waals surface area (Å²) in [6.45, 7) is 20.8. The molecule has 0 atom stereocenters. The third-order valence-corrected chi connectivity index (χ3v) is 11.6. The zero-order valence-electron chi connectivity index (χ0n) is 33.3. The van der Waals surface area contributed by atoms with Crippen molar-refractivity contribution >= 4 is 21.9 Å². The van der Waals surface area contributed by atoms with Crippen molar-refractivity contribution in [3.8, 4) is 6.07 Å². The van der Waals surface area contributed by atoms with Gasteiger partial charge in [0.05, 0.1) is 30.0 Å². The molecule has 2 aromatic heterocycles. The number of hydrogen-bond acceptors (Lipinski definition) is 7. The fraction of sp³-hybridized carbons (Fsp3) is 0.372. The van der Waals surface area contributed by atoms with Crippen molar-refractivity contribution < 1.29 is 23.1 Å². The Morgan fingerprint density at radius 3 is 1.84 bits per heavy atom. The maximum atomic E-state index is 13.6. The maximum Gasteiger partial charge on any atom is 0.354 e. The minimum Gasteiger partial charge on any atom is -0.477 e. The quantitative estimate of drug-likeness (QED) is 0.131. The summed E-state index contributed by atoms with van der Waals surface area (Å²) >= 11 is 0. The molecule has 55 heavy (non-hydrogen) atoms. The molecule has 11 nitrogen and oxygen atoms in total. The lowest BCUT2D eigenvalue weighted by Gasteiger charge is -2.23. The van der Waals surface area contributed by atoms with E-state index in [4.69, 9.17) is 10.2 Å². The van der Waals surface area contributed by atoms with Gasteiger partial charge in [0, 0.05) is 10.8 Å². The number of carboxylic acids is 1. The number of nitriles is 1. The number of aromatic carboxylic acids is 1. The number of rotatable bonds is 12. The SMILES string of the molecule is Cc1cc(C)c(Cn2nc(C(C)(C)CCc3cc(C)c(Cn4nc(C(C)(C)C)cc4C(=O)NS(=O)(=O)c4ccccc4C#N)c(C)c3)cc2C(=O)O)c(C)c1. The molecule has 2 N–H and O–H groups in total. The first-order valence-electron chi connectivity index (χ1n) is 18.2. The van der Waals surface area contributed by atoms with Crippen LogP contribution in [0.4, 0.5) is 0 Å². The fourth-order valence-electron chi connectivity index (χ4n) is 6.97. The highest BCUT2D eigenvalue weighted by molar-refractivity contribution is 7.90. The van der Waals surface area contributed by atoms with E-state index in [1.54, 1.807) is 22.9 Å². The molecule has 12 heteroatoms. The number of sulfonamides is 1. The monoisotopic (exact) mass is 762 g/mol. The van der Waals surface area contributed by atoms with Gasteiger partial charge in [-0.2, -0.15) is 15.5 Å². The summed E-state index contributed by atoms with van der Waals surface area (Å²) in [5, 5.41) is 29.1. The Morgan fingerprint density at radius 2 is 1.29 bits per heavy atom. The second kappa shape index (κ2) is 15.3. The summed E-state index contributed by atoms with van der Waals surface area (Å²) in [7, 11) is -4.35. The molecule has 0 saturated carbocycles. The molecule has 0 bridgehead atoms. The molecule has 0 aliphatic heterocycles. The average molecular weight is 763 g/mol. The Kier molecular flexibility index (Phi) is 11.3. The maximum absolute atomic E-state index is 13.6. The van der Waals surface area contributed by atoms with Crippen LogP contribution in [0.15, 0.2) is 65.6 Å². The van der Waals surface area contributed by atoms with Gasteiger partial charge < -0.3 is 5.11 Å². The molecule has 5 rings (SSSR count). The lowest BCUT2D eigenvalue weighted by molar-refractivity contribution is 0.0683. The van der Waals surface area contributed by atoms with Gasteiger partial charge in [-0.1, -0.05) is 76.6 Å². The average Bonchev–Trinajstić information content (AvgIpc) is 3.73. The highest BCUT2D eigenvalue weighted by Gasteiger charge is 2.29. The van der Waals surface area contributed by atoms with E-state index in [2.05, 4.69) is 42.8 Å². The van der Waals surface area contributed by atoms with Gasteiger partial charge in [-0.05, 0) is 111 Å². The number of amides is 1. The van der Waals surface area contributed by atoms with Gasteiger partial charge >= 0.3 is 5.97 Å². The molecule has 0 saturated heterocycles. The van der Waals surface area contributed by atoms with E-state index >= 15 is 0 Å². The van der Waals surface area contributed by atoms with Gasteiger partial charge in [-0.25, -0.2) is 17.9 Å². The number of aromatic nitrogens is 4. The topological polar surface area (TPSA) is 160 Å². The third-order valence-electron chi connectivity index (χ3n) is 10.2. The molecule has 0 radical (unpaired) electrons. The van der Waals surface area contributed by atoms with Crippen molar-refractivity contribution in [2.75, 3.05) is 0 Å². The standard InChI is InChI=1S/C43H50N6O5S/c1-26-17-27(2)33(28(3)18-26)25-49-36(41(51)52)22-39(46-49)43(9,10)16-15-31-19-29(4)34(30(5)20-31)24-48-35(21-38(45-48)42(6,7)8)40(50)47-55(53,54)37-14-12-11-13-32(37)23-44/h11-14,17-22H,15-16,24-25H2,1-10H3,(H,47,50)(H,51,52). The number of benzene rings is 3. The normalized spacial score (nSPS) is 12.1. The van der Waals surface area contributed by atoms with Gasteiger partial charge in [0.15, 0.2) is 0 Å². The Hall–Kier alpha value is -5.54. The number of nitrogens with zero attached hydrogens (tertiary/aromatic N) is 5. The third kappa shape index (κ3) is 8.89. The zero-order valence-corrected chi connectivity index (χ0v) is 34.1. The zero-order chi connectivity index (χ0) is 40.6. The Balaban J connectivity index is 1.38. The second-order valence-electron chi connectivity index (χ2n) is 16.2. The highest BCUT2D eigenvalue weighted by Crippen LogP contribution is 2.31. The minimum absolute atomic E-state index is 0.0654. The number of aryl methyl sites for hydroxylation is 6. The van der Waals surface area contributed by atoms with Crippen LogP contribution in [0.25, 0.3) is 0 Å². The van der Waals surface area contributed by atoms with Crippen LogP contribution in [0.5, 0.6) is 0 Å². The fourth-order valence-corrected chi connectivity index (χ4v) is 8.09. The van der Waals surface area contributed by atoms with Crippen LogP contribution in [0.2, 0.25) is 0 Å². The predicted molar refractivity (Wildman–Crippen MR) is 212 cm³/mol. The molecule has 0 aliphatic rings. The molecule has 3 aromatic carbocycles. The van der Waals surface area contributed by atoms with Gasteiger partial charge in [-0.3, -0.25) is 14.2 Å². The molecular formula is C43H50N6O5S. The number of carboxylic acid groups (broad SMARTS) is 1.